The SMILES string of the molecule is Cc1ccc(S(=O)(=O)NCCc2csc(-c3ccncc3)n2)cc1. The molecule has 7 heteroatoms. The number of hydrogen-bond donors (Lipinski definition) is 1. The van der Waals surface area contributed by atoms with Crippen molar-refractivity contribution in [2.45, 2.75) is 18.2 Å². The summed E-state index contributed by atoms with van der Waals surface area (Å²) in [6, 6.07) is 10.6. The van der Waals surface area contributed by atoms with E-state index in [1.807, 2.05) is 24.4 Å². The Bertz CT molecular complexity index is 905. The summed E-state index contributed by atoms with van der Waals surface area (Å²) in [6.07, 6.45) is 4.00. The van der Waals surface area contributed by atoms with Crippen molar-refractivity contribution in [2.24, 2.45) is 0 Å². The molecular weight excluding hydrogens is 342 g/mol. The maximum Gasteiger partial charge on any atom is 0.240 e. The number of sulfonamides is 1. The van der Waals surface area contributed by atoms with Crippen molar-refractivity contribution in [3.05, 3.63) is 65.4 Å². The topological polar surface area (TPSA) is 72.0 Å². The van der Waals surface area contributed by atoms with Gasteiger partial charge in [-0.05, 0) is 31.2 Å². The van der Waals surface area contributed by atoms with Crippen LogP contribution in [0, 0.1) is 6.92 Å². The van der Waals surface area contributed by atoms with E-state index in [1.165, 1.54) is 0 Å². The third-order valence-corrected chi connectivity index (χ3v) is 5.90. The number of nitrogens with zero attached hydrogens (tertiary/aromatic N) is 2. The Hall–Kier alpha value is -2.09. The predicted octanol–water partition coefficient (Wildman–Crippen LogP) is 3.03. The van der Waals surface area contributed by atoms with Gasteiger partial charge < -0.3 is 0 Å². The van der Waals surface area contributed by atoms with Crippen LogP contribution in [0.25, 0.3) is 10.6 Å². The zero-order valence-electron chi connectivity index (χ0n) is 13.1. The monoisotopic (exact) mass is 359 g/mol. The van der Waals surface area contributed by atoms with Gasteiger partial charge >= 0.3 is 0 Å². The summed E-state index contributed by atoms with van der Waals surface area (Å²) in [5.74, 6) is 0. The van der Waals surface area contributed by atoms with Crippen molar-refractivity contribution < 1.29 is 8.42 Å². The van der Waals surface area contributed by atoms with Gasteiger partial charge in [0.1, 0.15) is 5.01 Å². The van der Waals surface area contributed by atoms with Crippen molar-refractivity contribution in [1.82, 2.24) is 14.7 Å². The Morgan fingerprint density at radius 3 is 2.50 bits per heavy atom. The third kappa shape index (κ3) is 4.05. The number of hydrogen-bond acceptors (Lipinski definition) is 5. The van der Waals surface area contributed by atoms with E-state index in [1.54, 1.807) is 48.0 Å². The molecule has 2 heterocycles. The Balaban J connectivity index is 1.60. The molecule has 0 radical (unpaired) electrons. The molecule has 124 valence electrons. The molecule has 3 rings (SSSR count). The van der Waals surface area contributed by atoms with E-state index in [2.05, 4.69) is 14.7 Å². The summed E-state index contributed by atoms with van der Waals surface area (Å²) in [4.78, 5) is 8.81. The van der Waals surface area contributed by atoms with Crippen LogP contribution in [0.4, 0.5) is 0 Å². The summed E-state index contributed by atoms with van der Waals surface area (Å²) in [5, 5.41) is 2.87. The van der Waals surface area contributed by atoms with Crippen molar-refractivity contribution in [3.8, 4) is 10.6 Å². The highest BCUT2D eigenvalue weighted by Crippen LogP contribution is 2.22. The molecule has 0 aliphatic carbocycles. The van der Waals surface area contributed by atoms with Gasteiger partial charge in [0.15, 0.2) is 0 Å². The number of pyridine rings is 1. The third-order valence-electron chi connectivity index (χ3n) is 3.48. The standard InChI is InChI=1S/C17H17N3O2S2/c1-13-2-4-16(5-3-13)24(21,22)19-11-8-15-12-23-17(20-15)14-6-9-18-10-7-14/h2-7,9-10,12,19H,8,11H2,1H3. The highest BCUT2D eigenvalue weighted by Gasteiger charge is 2.13. The van der Waals surface area contributed by atoms with Crippen LogP contribution < -0.4 is 4.72 Å². The summed E-state index contributed by atoms with van der Waals surface area (Å²) in [6.45, 7) is 2.24. The normalized spacial score (nSPS) is 11.5. The Morgan fingerprint density at radius 1 is 1.08 bits per heavy atom. The Morgan fingerprint density at radius 2 is 1.79 bits per heavy atom. The van der Waals surface area contributed by atoms with E-state index in [9.17, 15) is 8.42 Å². The van der Waals surface area contributed by atoms with E-state index in [0.717, 1.165) is 21.8 Å². The van der Waals surface area contributed by atoms with Gasteiger partial charge in [0.2, 0.25) is 10.0 Å². The van der Waals surface area contributed by atoms with E-state index < -0.39 is 10.0 Å². The second kappa shape index (κ2) is 7.21. The minimum absolute atomic E-state index is 0.281. The van der Waals surface area contributed by atoms with E-state index in [4.69, 9.17) is 0 Å². The first kappa shape index (κ1) is 16.8. The molecule has 0 unspecified atom stereocenters. The quantitative estimate of drug-likeness (QED) is 0.734. The molecule has 0 amide bonds. The molecule has 0 saturated carbocycles. The smallest absolute Gasteiger partial charge is 0.240 e. The van der Waals surface area contributed by atoms with Crippen LogP contribution in [0.3, 0.4) is 0 Å². The second-order valence-electron chi connectivity index (χ2n) is 5.34. The molecule has 3 aromatic rings. The van der Waals surface area contributed by atoms with Crippen LogP contribution in [0.1, 0.15) is 11.3 Å². The molecule has 0 aliphatic rings. The fourth-order valence-corrected chi connectivity index (χ4v) is 4.06. The molecule has 0 bridgehead atoms. The molecule has 1 N–H and O–H groups in total. The van der Waals surface area contributed by atoms with Crippen molar-refractivity contribution in [3.63, 3.8) is 0 Å². The molecular formula is C17H17N3O2S2. The van der Waals surface area contributed by atoms with Crippen molar-refractivity contribution >= 4 is 21.4 Å². The minimum Gasteiger partial charge on any atom is -0.265 e. The maximum atomic E-state index is 12.2. The number of nitrogens with one attached hydrogen (secondary N) is 1. The van der Waals surface area contributed by atoms with Gasteiger partial charge in [-0.3, -0.25) is 4.98 Å². The van der Waals surface area contributed by atoms with Crippen LogP contribution in [0.15, 0.2) is 59.1 Å². The zero-order valence-corrected chi connectivity index (χ0v) is 14.8. The first-order valence-corrected chi connectivity index (χ1v) is 9.82. The lowest BCUT2D eigenvalue weighted by Gasteiger charge is -2.06. The van der Waals surface area contributed by atoms with Crippen LogP contribution in [-0.2, 0) is 16.4 Å². The molecule has 0 atom stereocenters. The number of aryl methyl sites for hydroxylation is 1. The van der Waals surface area contributed by atoms with Crippen molar-refractivity contribution in [2.75, 3.05) is 6.54 Å². The summed E-state index contributed by atoms with van der Waals surface area (Å²) >= 11 is 1.54. The molecule has 0 aliphatic heterocycles. The van der Waals surface area contributed by atoms with Crippen molar-refractivity contribution in [1.29, 1.82) is 0 Å². The average molecular weight is 359 g/mol. The van der Waals surface area contributed by atoms with Gasteiger partial charge in [-0.15, -0.1) is 11.3 Å². The molecule has 24 heavy (non-hydrogen) atoms. The van der Waals surface area contributed by atoms with Gasteiger partial charge in [0, 0.05) is 36.3 Å². The van der Waals surface area contributed by atoms with Gasteiger partial charge in [0.25, 0.3) is 0 Å². The fraction of sp³-hybridized carbons (Fsp3) is 0.176. The molecule has 2 aromatic heterocycles. The summed E-state index contributed by atoms with van der Waals surface area (Å²) < 4.78 is 27.1. The fourth-order valence-electron chi connectivity index (χ4n) is 2.16. The van der Waals surface area contributed by atoms with E-state index in [0.29, 0.717) is 13.0 Å². The molecule has 5 nitrogen and oxygen atoms in total. The molecule has 0 saturated heterocycles. The lowest BCUT2D eigenvalue weighted by molar-refractivity contribution is 0.581. The lowest BCUT2D eigenvalue weighted by atomic mass is 10.2. The highest BCUT2D eigenvalue weighted by atomic mass is 32.2. The predicted molar refractivity (Wildman–Crippen MR) is 95.4 cm³/mol. The molecule has 0 fully saturated rings. The van der Waals surface area contributed by atoms with Gasteiger partial charge in [0.05, 0.1) is 10.6 Å². The number of rotatable bonds is 6. The first-order valence-electron chi connectivity index (χ1n) is 7.46. The lowest BCUT2D eigenvalue weighted by Crippen LogP contribution is -2.26. The van der Waals surface area contributed by atoms with Crippen LogP contribution in [0.2, 0.25) is 0 Å². The Kier molecular flexibility index (Phi) is 5.03. The molecule has 1 aromatic carbocycles. The minimum atomic E-state index is -3.48. The van der Waals surface area contributed by atoms with Gasteiger partial charge in [-0.2, -0.15) is 0 Å². The van der Waals surface area contributed by atoms with Gasteiger partial charge in [-0.1, -0.05) is 17.7 Å². The number of thiazole rings is 1. The van der Waals surface area contributed by atoms with E-state index in [-0.39, 0.29) is 4.90 Å². The van der Waals surface area contributed by atoms with Crippen LogP contribution in [-0.4, -0.2) is 24.9 Å². The van der Waals surface area contributed by atoms with Gasteiger partial charge in [-0.25, -0.2) is 18.1 Å². The summed E-state index contributed by atoms with van der Waals surface area (Å²) in [5.41, 5.74) is 2.92. The zero-order chi connectivity index (χ0) is 17.0. The number of benzene rings is 1. The highest BCUT2D eigenvalue weighted by molar-refractivity contribution is 7.89. The first-order chi connectivity index (χ1) is 11.5. The average Bonchev–Trinajstić information content (AvgIpc) is 3.05. The molecule has 0 spiro atoms. The van der Waals surface area contributed by atoms with Crippen LogP contribution >= 0.6 is 11.3 Å². The maximum absolute atomic E-state index is 12.2. The second-order valence-corrected chi connectivity index (χ2v) is 7.97. The number of aromatic nitrogens is 2. The Labute approximate surface area is 145 Å². The largest absolute Gasteiger partial charge is 0.265 e. The van der Waals surface area contributed by atoms with E-state index >= 15 is 0 Å². The summed E-state index contributed by atoms with van der Waals surface area (Å²) in [7, 11) is -3.48. The van der Waals surface area contributed by atoms with Crippen LogP contribution in [0.5, 0.6) is 0 Å².